The smallest absolute Gasteiger partial charge is 0.303 e. The van der Waals surface area contributed by atoms with Gasteiger partial charge in [-0.2, -0.15) is 0 Å². The molecule has 0 heterocycles. The van der Waals surface area contributed by atoms with Crippen LogP contribution in [0.1, 0.15) is 77.6 Å². The summed E-state index contributed by atoms with van der Waals surface area (Å²) in [5.41, 5.74) is 0. The van der Waals surface area contributed by atoms with E-state index in [0.717, 1.165) is 38.5 Å². The van der Waals surface area contributed by atoms with E-state index in [4.69, 9.17) is 5.11 Å². The molecule has 0 bridgehead atoms. The van der Waals surface area contributed by atoms with Gasteiger partial charge in [0.05, 0.1) is 6.10 Å². The molecule has 0 aliphatic carbocycles. The van der Waals surface area contributed by atoms with Crippen molar-refractivity contribution in [3.05, 3.63) is 0 Å². The molecule has 0 aliphatic rings. The fourth-order valence-corrected chi connectivity index (χ4v) is 1.96. The first kappa shape index (κ1) is 16.4. The number of hydrogen-bond acceptors (Lipinski definition) is 2. The zero-order chi connectivity index (χ0) is 12.9. The second-order valence-electron chi connectivity index (χ2n) is 4.85. The number of carbonyl (C=O) groups is 1. The second kappa shape index (κ2) is 11.9. The minimum absolute atomic E-state index is 0.179. The summed E-state index contributed by atoms with van der Waals surface area (Å²) in [6, 6.07) is 0. The topological polar surface area (TPSA) is 57.5 Å². The molecule has 0 aliphatic heterocycles. The Kier molecular flexibility index (Phi) is 11.5. The van der Waals surface area contributed by atoms with Crippen LogP contribution in [-0.4, -0.2) is 22.3 Å². The van der Waals surface area contributed by atoms with Gasteiger partial charge in [-0.3, -0.25) is 4.79 Å². The Bertz CT molecular complexity index is 180. The van der Waals surface area contributed by atoms with Crippen molar-refractivity contribution in [3.8, 4) is 0 Å². The second-order valence-corrected chi connectivity index (χ2v) is 4.85. The number of aliphatic carboxylic acids is 1. The SMILES string of the molecule is CCCCCCC[C@@H](O)CCCCCC(=O)O. The summed E-state index contributed by atoms with van der Waals surface area (Å²) in [5, 5.41) is 18.2. The van der Waals surface area contributed by atoms with E-state index in [2.05, 4.69) is 6.92 Å². The Morgan fingerprint density at radius 3 is 2.00 bits per heavy atom. The monoisotopic (exact) mass is 244 g/mol. The highest BCUT2D eigenvalue weighted by atomic mass is 16.4. The highest BCUT2D eigenvalue weighted by Crippen LogP contribution is 2.12. The van der Waals surface area contributed by atoms with Gasteiger partial charge in [0.1, 0.15) is 0 Å². The Hall–Kier alpha value is -0.570. The maximum absolute atomic E-state index is 10.3. The molecule has 0 spiro atoms. The van der Waals surface area contributed by atoms with Gasteiger partial charge in [-0.15, -0.1) is 0 Å². The minimum Gasteiger partial charge on any atom is -0.481 e. The van der Waals surface area contributed by atoms with Crippen molar-refractivity contribution in [2.75, 3.05) is 0 Å². The lowest BCUT2D eigenvalue weighted by Crippen LogP contribution is -2.06. The van der Waals surface area contributed by atoms with Gasteiger partial charge in [-0.05, 0) is 19.3 Å². The van der Waals surface area contributed by atoms with E-state index in [0.29, 0.717) is 0 Å². The summed E-state index contributed by atoms with van der Waals surface area (Å²) in [7, 11) is 0. The molecule has 0 fully saturated rings. The van der Waals surface area contributed by atoms with Crippen LogP contribution in [-0.2, 0) is 4.79 Å². The fourth-order valence-electron chi connectivity index (χ4n) is 1.96. The van der Waals surface area contributed by atoms with Crippen molar-refractivity contribution in [2.24, 2.45) is 0 Å². The zero-order valence-corrected chi connectivity index (χ0v) is 11.2. The van der Waals surface area contributed by atoms with Crippen LogP contribution in [0.15, 0.2) is 0 Å². The molecule has 0 aromatic carbocycles. The van der Waals surface area contributed by atoms with E-state index in [9.17, 15) is 9.90 Å². The van der Waals surface area contributed by atoms with Crippen molar-refractivity contribution in [1.82, 2.24) is 0 Å². The maximum Gasteiger partial charge on any atom is 0.303 e. The van der Waals surface area contributed by atoms with E-state index in [1.807, 2.05) is 0 Å². The van der Waals surface area contributed by atoms with Gasteiger partial charge in [0, 0.05) is 6.42 Å². The number of carboxylic acids is 1. The number of rotatable bonds is 12. The summed E-state index contributed by atoms with van der Waals surface area (Å²) < 4.78 is 0. The molecule has 3 heteroatoms. The van der Waals surface area contributed by atoms with Crippen molar-refractivity contribution in [2.45, 2.75) is 83.7 Å². The Balaban J connectivity index is 3.17. The van der Waals surface area contributed by atoms with Crippen molar-refractivity contribution < 1.29 is 15.0 Å². The van der Waals surface area contributed by atoms with E-state index >= 15 is 0 Å². The number of hydrogen-bond donors (Lipinski definition) is 2. The van der Waals surface area contributed by atoms with Gasteiger partial charge >= 0.3 is 5.97 Å². The maximum atomic E-state index is 10.3. The third kappa shape index (κ3) is 13.4. The first-order valence-electron chi connectivity index (χ1n) is 7.06. The first-order valence-corrected chi connectivity index (χ1v) is 7.06. The molecule has 0 saturated heterocycles. The summed E-state index contributed by atoms with van der Waals surface area (Å²) in [5.74, 6) is -0.721. The number of carboxylic acid groups (broad SMARTS) is 1. The normalized spacial score (nSPS) is 12.6. The standard InChI is InChI=1S/C14H28O3/c1-2-3-4-5-7-10-13(15)11-8-6-9-12-14(16)17/h13,15H,2-12H2,1H3,(H,16,17)/t13-/m1/s1. The Labute approximate surface area is 105 Å². The van der Waals surface area contributed by atoms with Crippen LogP contribution >= 0.6 is 0 Å². The van der Waals surface area contributed by atoms with Crippen LogP contribution < -0.4 is 0 Å². The highest BCUT2D eigenvalue weighted by molar-refractivity contribution is 5.66. The molecule has 0 radical (unpaired) electrons. The third-order valence-corrected chi connectivity index (χ3v) is 3.07. The van der Waals surface area contributed by atoms with Crippen molar-refractivity contribution >= 4 is 5.97 Å². The molecular weight excluding hydrogens is 216 g/mol. The van der Waals surface area contributed by atoms with Gasteiger partial charge in [0.25, 0.3) is 0 Å². The lowest BCUT2D eigenvalue weighted by molar-refractivity contribution is -0.137. The molecule has 0 unspecified atom stereocenters. The fraction of sp³-hybridized carbons (Fsp3) is 0.929. The summed E-state index contributed by atoms with van der Waals surface area (Å²) in [6.45, 7) is 2.20. The van der Waals surface area contributed by atoms with Crippen LogP contribution in [0.2, 0.25) is 0 Å². The molecule has 3 nitrogen and oxygen atoms in total. The number of unbranched alkanes of at least 4 members (excludes halogenated alkanes) is 6. The predicted molar refractivity (Wildman–Crippen MR) is 70.1 cm³/mol. The van der Waals surface area contributed by atoms with E-state index in [1.54, 1.807) is 0 Å². The highest BCUT2D eigenvalue weighted by Gasteiger charge is 2.04. The molecule has 17 heavy (non-hydrogen) atoms. The van der Waals surface area contributed by atoms with Crippen molar-refractivity contribution in [1.29, 1.82) is 0 Å². The predicted octanol–water partition coefficient (Wildman–Crippen LogP) is 3.74. The molecule has 0 aromatic rings. The molecule has 0 aromatic heterocycles. The van der Waals surface area contributed by atoms with Crippen LogP contribution in [0.5, 0.6) is 0 Å². The van der Waals surface area contributed by atoms with E-state index in [1.165, 1.54) is 25.7 Å². The van der Waals surface area contributed by atoms with Crippen LogP contribution in [0.4, 0.5) is 0 Å². The molecule has 0 amide bonds. The van der Waals surface area contributed by atoms with Crippen molar-refractivity contribution in [3.63, 3.8) is 0 Å². The molecule has 1 atom stereocenters. The molecular formula is C14H28O3. The summed E-state index contributed by atoms with van der Waals surface area (Å²) in [6.07, 6.45) is 10.6. The first-order chi connectivity index (χ1) is 8.16. The van der Waals surface area contributed by atoms with E-state index < -0.39 is 5.97 Å². The summed E-state index contributed by atoms with van der Waals surface area (Å²) in [4.78, 5) is 10.3. The molecule has 0 saturated carbocycles. The summed E-state index contributed by atoms with van der Waals surface area (Å²) >= 11 is 0. The van der Waals surface area contributed by atoms with Gasteiger partial charge < -0.3 is 10.2 Å². The molecule has 0 rings (SSSR count). The Morgan fingerprint density at radius 2 is 1.47 bits per heavy atom. The molecule has 102 valence electrons. The third-order valence-electron chi connectivity index (χ3n) is 3.07. The van der Waals surface area contributed by atoms with E-state index in [-0.39, 0.29) is 12.5 Å². The van der Waals surface area contributed by atoms with Gasteiger partial charge in [-0.1, -0.05) is 51.9 Å². The zero-order valence-electron chi connectivity index (χ0n) is 11.2. The molecule has 2 N–H and O–H groups in total. The quantitative estimate of drug-likeness (QED) is 0.514. The van der Waals surface area contributed by atoms with Crippen LogP contribution in [0, 0.1) is 0 Å². The van der Waals surface area contributed by atoms with Gasteiger partial charge in [0.15, 0.2) is 0 Å². The van der Waals surface area contributed by atoms with Gasteiger partial charge in [0.2, 0.25) is 0 Å². The van der Waals surface area contributed by atoms with Crippen LogP contribution in [0.25, 0.3) is 0 Å². The average molecular weight is 244 g/mol. The minimum atomic E-state index is -0.721. The van der Waals surface area contributed by atoms with Crippen LogP contribution in [0.3, 0.4) is 0 Å². The lowest BCUT2D eigenvalue weighted by atomic mass is 10.0. The van der Waals surface area contributed by atoms with Gasteiger partial charge in [-0.25, -0.2) is 0 Å². The Morgan fingerprint density at radius 1 is 0.941 bits per heavy atom. The average Bonchev–Trinajstić information content (AvgIpc) is 2.28. The number of aliphatic hydroxyl groups excluding tert-OH is 1. The largest absolute Gasteiger partial charge is 0.481 e. The number of aliphatic hydroxyl groups is 1. The lowest BCUT2D eigenvalue weighted by Gasteiger charge is -2.09.